The van der Waals surface area contributed by atoms with E-state index in [1.165, 1.54) is 25.7 Å². The van der Waals surface area contributed by atoms with Gasteiger partial charge in [0.05, 0.1) is 0 Å². The molecule has 0 aromatic rings. The minimum absolute atomic E-state index is 0.728. The molecule has 0 spiro atoms. The van der Waals surface area contributed by atoms with Gasteiger partial charge in [-0.05, 0) is 32.6 Å². The summed E-state index contributed by atoms with van der Waals surface area (Å²) in [6.07, 6.45) is 5.38. The molecule has 0 atom stereocenters. The van der Waals surface area contributed by atoms with Crippen LogP contribution < -0.4 is 0 Å². The predicted molar refractivity (Wildman–Crippen MR) is 57.4 cm³/mol. The van der Waals surface area contributed by atoms with Crippen molar-refractivity contribution in [2.45, 2.75) is 60.3 Å². The van der Waals surface area contributed by atoms with E-state index in [-0.39, 0.29) is 0 Å². The molecule has 0 saturated carbocycles. The van der Waals surface area contributed by atoms with Crippen molar-refractivity contribution < 1.29 is 0 Å². The summed E-state index contributed by atoms with van der Waals surface area (Å²) in [6, 6.07) is 0. The lowest BCUT2D eigenvalue weighted by atomic mass is 9.96. The second-order valence-corrected chi connectivity index (χ2v) is 4.08. The SMILES string of the molecule is CCCCCC(C)=C(C)C(C)C. The van der Waals surface area contributed by atoms with Crippen molar-refractivity contribution in [2.24, 2.45) is 5.92 Å². The van der Waals surface area contributed by atoms with E-state index in [1.54, 1.807) is 11.1 Å². The fraction of sp³-hybridized carbons (Fsp3) is 0.833. The zero-order chi connectivity index (χ0) is 9.56. The third kappa shape index (κ3) is 4.58. The van der Waals surface area contributed by atoms with Gasteiger partial charge in [-0.25, -0.2) is 0 Å². The molecular formula is C12H24. The molecule has 0 aliphatic heterocycles. The number of allylic oxidation sites excluding steroid dienone is 2. The first-order valence-electron chi connectivity index (χ1n) is 5.25. The number of unbranched alkanes of at least 4 members (excludes halogenated alkanes) is 2. The molecule has 12 heavy (non-hydrogen) atoms. The zero-order valence-corrected chi connectivity index (χ0v) is 9.41. The second kappa shape index (κ2) is 6.28. The lowest BCUT2D eigenvalue weighted by Gasteiger charge is -2.10. The number of rotatable bonds is 5. The van der Waals surface area contributed by atoms with Crippen LogP contribution in [0.3, 0.4) is 0 Å². The topological polar surface area (TPSA) is 0 Å². The van der Waals surface area contributed by atoms with Gasteiger partial charge in [0.15, 0.2) is 0 Å². The summed E-state index contributed by atoms with van der Waals surface area (Å²) < 4.78 is 0. The van der Waals surface area contributed by atoms with Crippen LogP contribution in [0.2, 0.25) is 0 Å². The van der Waals surface area contributed by atoms with Crippen molar-refractivity contribution in [1.29, 1.82) is 0 Å². The van der Waals surface area contributed by atoms with Crippen LogP contribution in [0.1, 0.15) is 60.3 Å². The maximum Gasteiger partial charge on any atom is -0.0260 e. The Morgan fingerprint density at radius 2 is 1.67 bits per heavy atom. The third-order valence-corrected chi connectivity index (χ3v) is 2.69. The minimum Gasteiger partial charge on any atom is -0.0741 e. The van der Waals surface area contributed by atoms with Crippen molar-refractivity contribution in [1.82, 2.24) is 0 Å². The Hall–Kier alpha value is -0.260. The van der Waals surface area contributed by atoms with Gasteiger partial charge in [0.2, 0.25) is 0 Å². The Balaban J connectivity index is 3.83. The monoisotopic (exact) mass is 168 g/mol. The van der Waals surface area contributed by atoms with Gasteiger partial charge in [-0.15, -0.1) is 0 Å². The van der Waals surface area contributed by atoms with Gasteiger partial charge in [-0.1, -0.05) is 44.8 Å². The lowest BCUT2D eigenvalue weighted by molar-refractivity contribution is 0.687. The van der Waals surface area contributed by atoms with Crippen LogP contribution in [-0.2, 0) is 0 Å². The van der Waals surface area contributed by atoms with Crippen molar-refractivity contribution >= 4 is 0 Å². The van der Waals surface area contributed by atoms with Gasteiger partial charge in [-0.2, -0.15) is 0 Å². The van der Waals surface area contributed by atoms with Crippen LogP contribution in [0.5, 0.6) is 0 Å². The molecule has 0 rings (SSSR count). The average Bonchev–Trinajstić information content (AvgIpc) is 2.03. The average molecular weight is 168 g/mol. The molecule has 72 valence electrons. The first-order chi connectivity index (χ1) is 5.59. The largest absolute Gasteiger partial charge is 0.0741 e. The molecule has 0 N–H and O–H groups in total. The standard InChI is InChI=1S/C12H24/c1-6-7-8-9-11(4)12(5)10(2)3/h10H,6-9H2,1-5H3. The highest BCUT2D eigenvalue weighted by molar-refractivity contribution is 5.11. The van der Waals surface area contributed by atoms with Crippen molar-refractivity contribution in [2.75, 3.05) is 0 Å². The number of hydrogen-bond donors (Lipinski definition) is 0. The quantitative estimate of drug-likeness (QED) is 0.417. The van der Waals surface area contributed by atoms with Crippen molar-refractivity contribution in [3.05, 3.63) is 11.1 Å². The van der Waals surface area contributed by atoms with E-state index in [9.17, 15) is 0 Å². The predicted octanol–water partition coefficient (Wildman–Crippen LogP) is 4.56. The summed E-state index contributed by atoms with van der Waals surface area (Å²) in [5, 5.41) is 0. The molecule has 0 heteroatoms. The summed E-state index contributed by atoms with van der Waals surface area (Å²) in [4.78, 5) is 0. The molecule has 0 unspecified atom stereocenters. The van der Waals surface area contributed by atoms with Crippen LogP contribution in [0.15, 0.2) is 11.1 Å². The zero-order valence-electron chi connectivity index (χ0n) is 9.41. The molecule has 0 heterocycles. The second-order valence-electron chi connectivity index (χ2n) is 4.08. The Morgan fingerprint density at radius 1 is 1.08 bits per heavy atom. The molecule has 0 aromatic carbocycles. The lowest BCUT2D eigenvalue weighted by Crippen LogP contribution is -1.93. The third-order valence-electron chi connectivity index (χ3n) is 2.69. The molecular weight excluding hydrogens is 144 g/mol. The Bertz CT molecular complexity index is 140. The van der Waals surface area contributed by atoms with E-state index in [4.69, 9.17) is 0 Å². The highest BCUT2D eigenvalue weighted by atomic mass is 14.1. The molecule has 0 aromatic heterocycles. The normalized spacial score (nSPS) is 13.5. The Labute approximate surface area is 78.1 Å². The van der Waals surface area contributed by atoms with Gasteiger partial charge in [0.1, 0.15) is 0 Å². The van der Waals surface area contributed by atoms with Crippen LogP contribution in [0.4, 0.5) is 0 Å². The molecule has 0 aliphatic rings. The molecule has 0 amide bonds. The van der Waals surface area contributed by atoms with Crippen molar-refractivity contribution in [3.63, 3.8) is 0 Å². The van der Waals surface area contributed by atoms with E-state index in [1.807, 2.05) is 0 Å². The van der Waals surface area contributed by atoms with E-state index in [2.05, 4.69) is 34.6 Å². The molecule has 0 saturated heterocycles. The summed E-state index contributed by atoms with van der Waals surface area (Å²) in [6.45, 7) is 11.4. The summed E-state index contributed by atoms with van der Waals surface area (Å²) in [5.41, 5.74) is 3.20. The molecule has 0 radical (unpaired) electrons. The number of hydrogen-bond acceptors (Lipinski definition) is 0. The van der Waals surface area contributed by atoms with E-state index < -0.39 is 0 Å². The van der Waals surface area contributed by atoms with Gasteiger partial charge in [0.25, 0.3) is 0 Å². The smallest absolute Gasteiger partial charge is 0.0260 e. The molecule has 0 bridgehead atoms. The first-order valence-corrected chi connectivity index (χ1v) is 5.25. The molecule has 0 aliphatic carbocycles. The van der Waals surface area contributed by atoms with Crippen LogP contribution in [-0.4, -0.2) is 0 Å². The van der Waals surface area contributed by atoms with Gasteiger partial charge in [-0.3, -0.25) is 0 Å². The highest BCUT2D eigenvalue weighted by Gasteiger charge is 2.00. The minimum atomic E-state index is 0.728. The van der Waals surface area contributed by atoms with Crippen LogP contribution >= 0.6 is 0 Å². The summed E-state index contributed by atoms with van der Waals surface area (Å²) >= 11 is 0. The maximum atomic E-state index is 2.28. The highest BCUT2D eigenvalue weighted by Crippen LogP contribution is 2.18. The van der Waals surface area contributed by atoms with E-state index in [0.29, 0.717) is 0 Å². The maximum absolute atomic E-state index is 2.28. The fourth-order valence-corrected chi connectivity index (χ4v) is 1.33. The van der Waals surface area contributed by atoms with Crippen molar-refractivity contribution in [3.8, 4) is 0 Å². The molecule has 0 nitrogen and oxygen atoms in total. The van der Waals surface area contributed by atoms with E-state index >= 15 is 0 Å². The Morgan fingerprint density at radius 3 is 2.08 bits per heavy atom. The van der Waals surface area contributed by atoms with Crippen LogP contribution in [0, 0.1) is 5.92 Å². The summed E-state index contributed by atoms with van der Waals surface area (Å²) in [5.74, 6) is 0.728. The van der Waals surface area contributed by atoms with Gasteiger partial charge >= 0.3 is 0 Å². The van der Waals surface area contributed by atoms with Gasteiger partial charge in [0, 0.05) is 0 Å². The summed E-state index contributed by atoms with van der Waals surface area (Å²) in [7, 11) is 0. The fourth-order valence-electron chi connectivity index (χ4n) is 1.33. The van der Waals surface area contributed by atoms with Gasteiger partial charge < -0.3 is 0 Å². The van der Waals surface area contributed by atoms with E-state index in [0.717, 1.165) is 5.92 Å². The molecule has 0 fully saturated rings. The first kappa shape index (κ1) is 11.7. The Kier molecular flexibility index (Phi) is 6.14. The van der Waals surface area contributed by atoms with Crippen LogP contribution in [0.25, 0.3) is 0 Å².